The zero-order valence-corrected chi connectivity index (χ0v) is 19.4. The van der Waals surface area contributed by atoms with Crippen LogP contribution in [0.15, 0.2) is 60.7 Å². The van der Waals surface area contributed by atoms with Crippen LogP contribution in [0.1, 0.15) is 43.6 Å². The quantitative estimate of drug-likeness (QED) is 0.467. The molecule has 0 radical (unpaired) electrons. The van der Waals surface area contributed by atoms with Crippen molar-refractivity contribution in [3.63, 3.8) is 0 Å². The summed E-state index contributed by atoms with van der Waals surface area (Å²) in [6.07, 6.45) is -4.95. The van der Waals surface area contributed by atoms with Crippen LogP contribution in [-0.4, -0.2) is 30.2 Å². The lowest BCUT2D eigenvalue weighted by molar-refractivity contribution is -0.137. The van der Waals surface area contributed by atoms with Crippen LogP contribution in [0.5, 0.6) is 0 Å². The number of carbonyl (C=O) groups excluding carboxylic acids is 2. The molecule has 0 saturated carbocycles. The summed E-state index contributed by atoms with van der Waals surface area (Å²) in [5.74, 6) is -0.305. The van der Waals surface area contributed by atoms with Gasteiger partial charge in [0.05, 0.1) is 5.56 Å². The van der Waals surface area contributed by atoms with Crippen molar-refractivity contribution < 1.29 is 27.5 Å². The smallest absolute Gasteiger partial charge is 0.416 e. The summed E-state index contributed by atoms with van der Waals surface area (Å²) in [5, 5.41) is 7.05. The van der Waals surface area contributed by atoms with E-state index in [1.807, 2.05) is 12.1 Å². The van der Waals surface area contributed by atoms with E-state index in [9.17, 15) is 22.8 Å². The van der Waals surface area contributed by atoms with Gasteiger partial charge in [-0.1, -0.05) is 36.4 Å². The number of ether oxygens (including phenoxy) is 1. The molecule has 0 aliphatic rings. The second kappa shape index (κ2) is 9.75. The molecule has 5 nitrogen and oxygen atoms in total. The summed E-state index contributed by atoms with van der Waals surface area (Å²) in [6.45, 7) is 7.26. The Bertz CT molecular complexity index is 1180. The second-order valence-corrected chi connectivity index (χ2v) is 9.07. The molecule has 0 aliphatic heterocycles. The molecule has 0 spiro atoms. The minimum atomic E-state index is -4.39. The van der Waals surface area contributed by atoms with E-state index in [0.29, 0.717) is 11.1 Å². The number of rotatable bonds is 5. The first-order valence-corrected chi connectivity index (χ1v) is 10.8. The summed E-state index contributed by atoms with van der Waals surface area (Å²) in [4.78, 5) is 24.5. The van der Waals surface area contributed by atoms with Crippen molar-refractivity contribution in [1.82, 2.24) is 10.6 Å². The molecule has 3 aromatic carbocycles. The van der Waals surface area contributed by atoms with Gasteiger partial charge in [-0.3, -0.25) is 4.79 Å². The molecule has 180 valence electrons. The summed E-state index contributed by atoms with van der Waals surface area (Å²) >= 11 is 0. The molecular formula is C26H27F3N2O3. The summed E-state index contributed by atoms with van der Waals surface area (Å²) in [5.41, 5.74) is 0.540. The standard InChI is InChI=1S/C26H27F3N2O3/c1-16(15-30-24(33)34-25(2,3)4)31-23(32)19-10-13-22-18(14-19)6-5-7-21(22)17-8-11-20(12-9-17)26(27,28)29/h5-14,16H,15H2,1-4H3,(H,30,33)(H,31,32). The molecular weight excluding hydrogens is 445 g/mol. The van der Waals surface area contributed by atoms with Crippen molar-refractivity contribution in [2.75, 3.05) is 6.54 Å². The fourth-order valence-corrected chi connectivity index (χ4v) is 3.42. The topological polar surface area (TPSA) is 67.4 Å². The molecule has 3 aromatic rings. The molecule has 0 saturated heterocycles. The fourth-order valence-electron chi connectivity index (χ4n) is 3.42. The van der Waals surface area contributed by atoms with Crippen LogP contribution < -0.4 is 10.6 Å². The number of nitrogens with one attached hydrogen (secondary N) is 2. The van der Waals surface area contributed by atoms with Gasteiger partial charge in [-0.05, 0) is 73.9 Å². The highest BCUT2D eigenvalue weighted by Crippen LogP contribution is 2.33. The van der Waals surface area contributed by atoms with E-state index in [0.717, 1.165) is 28.5 Å². The zero-order chi connectivity index (χ0) is 25.1. The number of amides is 2. The molecule has 3 rings (SSSR count). The molecule has 1 unspecified atom stereocenters. The lowest BCUT2D eigenvalue weighted by atomic mass is 9.96. The van der Waals surface area contributed by atoms with Gasteiger partial charge in [0.15, 0.2) is 0 Å². The Morgan fingerprint density at radius 2 is 1.65 bits per heavy atom. The highest BCUT2D eigenvalue weighted by atomic mass is 19.4. The number of halogens is 3. The van der Waals surface area contributed by atoms with E-state index < -0.39 is 23.4 Å². The number of fused-ring (bicyclic) bond motifs is 1. The normalized spacial score (nSPS) is 12.8. The van der Waals surface area contributed by atoms with Gasteiger partial charge in [-0.15, -0.1) is 0 Å². The Hall–Kier alpha value is -3.55. The minimum absolute atomic E-state index is 0.201. The van der Waals surface area contributed by atoms with Crippen LogP contribution in [0.2, 0.25) is 0 Å². The van der Waals surface area contributed by atoms with Crippen molar-refractivity contribution >= 4 is 22.8 Å². The van der Waals surface area contributed by atoms with Gasteiger partial charge in [0, 0.05) is 18.2 Å². The average Bonchev–Trinajstić information content (AvgIpc) is 2.75. The maximum atomic E-state index is 12.9. The highest BCUT2D eigenvalue weighted by molar-refractivity contribution is 6.02. The van der Waals surface area contributed by atoms with Gasteiger partial charge in [0.1, 0.15) is 5.60 Å². The number of hydrogen-bond acceptors (Lipinski definition) is 3. The van der Waals surface area contributed by atoms with Gasteiger partial charge in [0.2, 0.25) is 0 Å². The third kappa shape index (κ3) is 6.50. The Morgan fingerprint density at radius 3 is 2.26 bits per heavy atom. The third-order valence-electron chi connectivity index (χ3n) is 4.99. The average molecular weight is 473 g/mol. The molecule has 0 aliphatic carbocycles. The SMILES string of the molecule is CC(CNC(=O)OC(C)(C)C)NC(=O)c1ccc2c(-c3ccc(C(F)(F)F)cc3)cccc2c1. The van der Waals surface area contributed by atoms with Crippen molar-refractivity contribution in [3.8, 4) is 11.1 Å². The van der Waals surface area contributed by atoms with E-state index in [-0.39, 0.29) is 18.5 Å². The van der Waals surface area contributed by atoms with E-state index in [1.54, 1.807) is 52.0 Å². The molecule has 0 bridgehead atoms. The summed E-state index contributed by atoms with van der Waals surface area (Å²) in [7, 11) is 0. The van der Waals surface area contributed by atoms with Gasteiger partial charge < -0.3 is 15.4 Å². The predicted octanol–water partition coefficient (Wildman–Crippen LogP) is 6.17. The number of alkyl carbamates (subject to hydrolysis) is 1. The summed E-state index contributed by atoms with van der Waals surface area (Å²) in [6, 6.07) is 15.3. The second-order valence-electron chi connectivity index (χ2n) is 9.07. The lowest BCUT2D eigenvalue weighted by Crippen LogP contribution is -2.43. The van der Waals surface area contributed by atoms with Crippen LogP contribution in [0.3, 0.4) is 0 Å². The van der Waals surface area contributed by atoms with E-state index in [1.165, 1.54) is 12.1 Å². The first-order chi connectivity index (χ1) is 15.8. The number of carbonyl (C=O) groups is 2. The van der Waals surface area contributed by atoms with Gasteiger partial charge in [-0.25, -0.2) is 4.79 Å². The Kier molecular flexibility index (Phi) is 7.19. The molecule has 0 heterocycles. The Balaban J connectivity index is 1.72. The number of hydrogen-bond donors (Lipinski definition) is 2. The molecule has 0 aromatic heterocycles. The maximum Gasteiger partial charge on any atom is 0.416 e. The molecule has 0 fully saturated rings. The number of alkyl halides is 3. The molecule has 1 atom stereocenters. The maximum absolute atomic E-state index is 12.9. The van der Waals surface area contributed by atoms with Crippen molar-refractivity contribution in [2.24, 2.45) is 0 Å². The monoisotopic (exact) mass is 472 g/mol. The molecule has 34 heavy (non-hydrogen) atoms. The van der Waals surface area contributed by atoms with Crippen LogP contribution >= 0.6 is 0 Å². The van der Waals surface area contributed by atoms with Crippen LogP contribution in [0, 0.1) is 0 Å². The fraction of sp³-hybridized carbons (Fsp3) is 0.308. The van der Waals surface area contributed by atoms with Gasteiger partial charge in [-0.2, -0.15) is 13.2 Å². The Labute approximate surface area is 196 Å². The van der Waals surface area contributed by atoms with Gasteiger partial charge in [0.25, 0.3) is 5.91 Å². The van der Waals surface area contributed by atoms with Crippen LogP contribution in [0.4, 0.5) is 18.0 Å². The van der Waals surface area contributed by atoms with Crippen LogP contribution in [-0.2, 0) is 10.9 Å². The van der Waals surface area contributed by atoms with E-state index in [4.69, 9.17) is 4.74 Å². The minimum Gasteiger partial charge on any atom is -0.444 e. The predicted molar refractivity (Wildman–Crippen MR) is 126 cm³/mol. The van der Waals surface area contributed by atoms with Gasteiger partial charge >= 0.3 is 12.3 Å². The molecule has 8 heteroatoms. The molecule has 2 N–H and O–H groups in total. The van der Waals surface area contributed by atoms with Crippen LogP contribution in [0.25, 0.3) is 21.9 Å². The third-order valence-corrected chi connectivity index (χ3v) is 4.99. The lowest BCUT2D eigenvalue weighted by Gasteiger charge is -2.21. The Morgan fingerprint density at radius 1 is 0.971 bits per heavy atom. The number of benzene rings is 3. The van der Waals surface area contributed by atoms with Crippen molar-refractivity contribution in [1.29, 1.82) is 0 Å². The van der Waals surface area contributed by atoms with E-state index in [2.05, 4.69) is 10.6 Å². The summed E-state index contributed by atoms with van der Waals surface area (Å²) < 4.78 is 43.8. The largest absolute Gasteiger partial charge is 0.444 e. The first kappa shape index (κ1) is 25.1. The zero-order valence-electron chi connectivity index (χ0n) is 19.4. The molecule has 2 amide bonds. The first-order valence-electron chi connectivity index (χ1n) is 10.8. The highest BCUT2D eigenvalue weighted by Gasteiger charge is 2.30. The van der Waals surface area contributed by atoms with E-state index >= 15 is 0 Å². The van der Waals surface area contributed by atoms with Crippen molar-refractivity contribution in [3.05, 3.63) is 71.8 Å². The van der Waals surface area contributed by atoms with Crippen molar-refractivity contribution in [2.45, 2.75) is 45.5 Å².